The van der Waals surface area contributed by atoms with E-state index in [1.807, 2.05) is 4.72 Å². The van der Waals surface area contributed by atoms with Gasteiger partial charge in [0, 0.05) is 29.2 Å². The summed E-state index contributed by atoms with van der Waals surface area (Å²) in [7, 11) is -4.22. The molecule has 1 unspecified atom stereocenters. The molecule has 1 saturated heterocycles. The van der Waals surface area contributed by atoms with E-state index in [0.29, 0.717) is 11.4 Å². The van der Waals surface area contributed by atoms with Crippen LogP contribution in [0, 0.1) is 11.8 Å². The molecule has 3 atom stereocenters. The fourth-order valence-corrected chi connectivity index (χ4v) is 7.11. The van der Waals surface area contributed by atoms with Crippen molar-refractivity contribution in [2.75, 3.05) is 13.1 Å². The van der Waals surface area contributed by atoms with Crippen molar-refractivity contribution in [2.24, 2.45) is 11.8 Å². The molecule has 13 nitrogen and oxygen atoms in total. The second-order valence-corrected chi connectivity index (χ2v) is 16.1. The number of alkyl halides is 2. The molecular weight excluding hydrogens is 772 g/mol. The van der Waals surface area contributed by atoms with Crippen LogP contribution in [0.5, 0.6) is 0 Å². The molecule has 1 aliphatic rings. The second kappa shape index (κ2) is 18.6. The Balaban J connectivity index is 1.39. The number of halogens is 3. The Morgan fingerprint density at radius 3 is 1.95 bits per heavy atom. The van der Waals surface area contributed by atoms with Gasteiger partial charge in [-0.1, -0.05) is 69.6 Å². The van der Waals surface area contributed by atoms with E-state index in [9.17, 15) is 37.2 Å². The van der Waals surface area contributed by atoms with Crippen LogP contribution in [0.4, 0.5) is 8.78 Å². The van der Waals surface area contributed by atoms with E-state index in [1.54, 1.807) is 44.2 Å². The van der Waals surface area contributed by atoms with Crippen LogP contribution in [0.25, 0.3) is 0 Å². The van der Waals surface area contributed by atoms with Crippen molar-refractivity contribution >= 4 is 56.9 Å². The highest BCUT2D eigenvalue weighted by molar-refractivity contribution is 7.90. The number of benzene rings is 3. The summed E-state index contributed by atoms with van der Waals surface area (Å²) in [6.45, 7) is 6.19. The summed E-state index contributed by atoms with van der Waals surface area (Å²) in [6, 6.07) is 15.0. The largest absolute Gasteiger partial charge is 0.383 e. The minimum Gasteiger partial charge on any atom is -0.350 e. The third kappa shape index (κ3) is 10.8. The van der Waals surface area contributed by atoms with Crippen molar-refractivity contribution in [3.8, 4) is 0 Å². The molecule has 0 spiro atoms. The Morgan fingerprint density at radius 2 is 1.38 bits per heavy atom. The van der Waals surface area contributed by atoms with Crippen LogP contribution in [0.1, 0.15) is 66.8 Å². The van der Waals surface area contributed by atoms with Gasteiger partial charge in [0.2, 0.25) is 17.6 Å². The normalized spacial score (nSPS) is 15.5. The molecule has 3 aromatic rings. The topological polar surface area (TPSA) is 188 Å². The smallest absolute Gasteiger partial charge is 0.350 e. The van der Waals surface area contributed by atoms with E-state index in [4.69, 9.17) is 11.6 Å². The molecule has 0 bridgehead atoms. The fraction of sp³-hybridized carbons (Fsp3) is 0.385. The monoisotopic (exact) mass is 815 g/mol. The first-order valence-electron chi connectivity index (χ1n) is 17.9. The number of rotatable bonds is 16. The zero-order valence-electron chi connectivity index (χ0n) is 31.2. The molecule has 4 rings (SSSR count). The molecule has 300 valence electrons. The molecule has 0 radical (unpaired) electrons. The summed E-state index contributed by atoms with van der Waals surface area (Å²) in [5.41, 5.74) is 0.772. The van der Waals surface area contributed by atoms with Gasteiger partial charge >= 0.3 is 5.92 Å². The van der Waals surface area contributed by atoms with Crippen molar-refractivity contribution in [3.63, 3.8) is 0 Å². The van der Waals surface area contributed by atoms with Gasteiger partial charge in [-0.2, -0.15) is 8.78 Å². The van der Waals surface area contributed by atoms with Gasteiger partial charge in [0.05, 0.1) is 10.9 Å². The van der Waals surface area contributed by atoms with Crippen molar-refractivity contribution in [1.29, 1.82) is 0 Å². The first-order chi connectivity index (χ1) is 26.3. The molecule has 1 aliphatic heterocycles. The molecule has 17 heteroatoms. The number of nitrogens with one attached hydrogen (secondary N) is 4. The number of likely N-dealkylation sites (tertiary alicyclic amines) is 1. The SMILES string of the molecule is CC(C)C(NC(=O)[C@@H]1CCCN1C(=O)[C@@H](NC(=O)c1ccc(C(=O)NS(=O)(=O)c2ccc(Cl)cc2)cc1)C(C)C)C(=O)C(F)(F)C(=O)NCCc1ccccc1. The third-order valence-corrected chi connectivity index (χ3v) is 10.8. The molecule has 4 N–H and O–H groups in total. The van der Waals surface area contributed by atoms with Crippen molar-refractivity contribution < 1.29 is 46.0 Å². The number of nitrogens with zero attached hydrogens (tertiary/aromatic N) is 1. The van der Waals surface area contributed by atoms with Gasteiger partial charge < -0.3 is 20.9 Å². The van der Waals surface area contributed by atoms with Gasteiger partial charge in [-0.3, -0.25) is 28.8 Å². The Hall–Kier alpha value is -5.22. The van der Waals surface area contributed by atoms with Crippen molar-refractivity contribution in [3.05, 3.63) is 101 Å². The molecule has 0 saturated carbocycles. The predicted octanol–water partition coefficient (Wildman–Crippen LogP) is 3.91. The lowest BCUT2D eigenvalue weighted by Gasteiger charge is -2.32. The minimum atomic E-state index is -4.45. The van der Waals surface area contributed by atoms with Gasteiger partial charge in [-0.15, -0.1) is 0 Å². The Kier molecular flexibility index (Phi) is 14.5. The lowest BCUT2D eigenvalue weighted by Crippen LogP contribution is -2.60. The average Bonchev–Trinajstić information content (AvgIpc) is 3.66. The number of carbonyl (C=O) groups is 6. The Bertz CT molecular complexity index is 2030. The standard InChI is InChI=1S/C39H44ClF2N5O8S/c1-23(2)31(33(48)39(41,42)38(53)43-21-20-25-9-6-5-7-10-25)44-36(51)30-11-8-22-47(30)37(52)32(24(3)4)45-34(49)26-12-14-27(15-13-26)35(50)46-56(54,55)29-18-16-28(40)17-19-29/h5-7,9-10,12-19,23-24,30-32H,8,11,20-22H2,1-4H3,(H,43,53)(H,44,51)(H,45,49)(H,46,50)/t30-,31?,32-/m0/s1. The van der Waals surface area contributed by atoms with Gasteiger partial charge in [0.15, 0.2) is 0 Å². The van der Waals surface area contributed by atoms with Crippen LogP contribution in [-0.2, 0) is 35.6 Å². The maximum atomic E-state index is 15.2. The fourth-order valence-electron chi connectivity index (χ4n) is 6.01. The van der Waals surface area contributed by atoms with Crippen molar-refractivity contribution in [2.45, 2.75) is 75.9 Å². The van der Waals surface area contributed by atoms with Gasteiger partial charge in [-0.25, -0.2) is 13.1 Å². The molecule has 1 heterocycles. The van der Waals surface area contributed by atoms with Crippen LogP contribution in [0.2, 0.25) is 5.02 Å². The lowest BCUT2D eigenvalue weighted by molar-refractivity contribution is -0.161. The number of hydrogen-bond acceptors (Lipinski definition) is 8. The highest BCUT2D eigenvalue weighted by atomic mass is 35.5. The summed E-state index contributed by atoms with van der Waals surface area (Å²) in [5.74, 6) is -12.5. The van der Waals surface area contributed by atoms with Crippen molar-refractivity contribution in [1.82, 2.24) is 25.6 Å². The van der Waals surface area contributed by atoms with E-state index >= 15 is 8.78 Å². The number of amides is 5. The molecule has 56 heavy (non-hydrogen) atoms. The second-order valence-electron chi connectivity index (χ2n) is 14.0. The summed E-state index contributed by atoms with van der Waals surface area (Å²) in [5, 5.41) is 7.41. The third-order valence-electron chi connectivity index (χ3n) is 9.20. The number of sulfonamides is 1. The molecule has 3 aromatic carbocycles. The number of ketones is 1. The summed E-state index contributed by atoms with van der Waals surface area (Å²) < 4.78 is 57.5. The van der Waals surface area contributed by atoms with Crippen LogP contribution >= 0.6 is 11.6 Å². The van der Waals surface area contributed by atoms with Gasteiger partial charge in [-0.05, 0) is 85.2 Å². The minimum absolute atomic E-state index is 0.0413. The summed E-state index contributed by atoms with van der Waals surface area (Å²) >= 11 is 5.81. The predicted molar refractivity (Wildman–Crippen MR) is 203 cm³/mol. The van der Waals surface area contributed by atoms with E-state index in [-0.39, 0.29) is 42.0 Å². The quantitative estimate of drug-likeness (QED) is 0.157. The Labute approximate surface area is 329 Å². The number of hydrogen-bond donors (Lipinski definition) is 4. The van der Waals surface area contributed by atoms with Crippen LogP contribution in [0.15, 0.2) is 83.8 Å². The molecule has 0 aromatic heterocycles. The Morgan fingerprint density at radius 1 is 0.804 bits per heavy atom. The van der Waals surface area contributed by atoms with E-state index < -0.39 is 81.2 Å². The van der Waals surface area contributed by atoms with E-state index in [0.717, 1.165) is 5.56 Å². The van der Waals surface area contributed by atoms with Crippen LogP contribution < -0.4 is 20.7 Å². The highest BCUT2D eigenvalue weighted by Gasteiger charge is 2.51. The zero-order chi connectivity index (χ0) is 41.4. The van der Waals surface area contributed by atoms with Crippen LogP contribution in [-0.4, -0.2) is 85.8 Å². The lowest BCUT2D eigenvalue weighted by atomic mass is 9.94. The summed E-state index contributed by atoms with van der Waals surface area (Å²) in [6.07, 6.45) is 0.791. The molecule has 0 aliphatic carbocycles. The first kappa shape index (κ1) is 43.5. The molecule has 1 fully saturated rings. The molecule has 5 amide bonds. The van der Waals surface area contributed by atoms with Gasteiger partial charge in [0.1, 0.15) is 12.1 Å². The van der Waals surface area contributed by atoms with E-state index in [2.05, 4.69) is 16.0 Å². The van der Waals surface area contributed by atoms with Crippen LogP contribution in [0.3, 0.4) is 0 Å². The zero-order valence-corrected chi connectivity index (χ0v) is 32.8. The van der Waals surface area contributed by atoms with Gasteiger partial charge in [0.25, 0.3) is 27.7 Å². The maximum absolute atomic E-state index is 15.2. The van der Waals surface area contributed by atoms with E-state index in [1.165, 1.54) is 67.3 Å². The number of Topliss-reactive ketones (excluding diaryl/α,β-unsaturated/α-hetero) is 1. The number of carbonyl (C=O) groups excluding carboxylic acids is 6. The average molecular weight is 816 g/mol. The highest BCUT2D eigenvalue weighted by Crippen LogP contribution is 2.24. The first-order valence-corrected chi connectivity index (χ1v) is 19.8. The molecular formula is C39H44ClF2N5O8S. The maximum Gasteiger partial charge on any atom is 0.383 e. The summed E-state index contributed by atoms with van der Waals surface area (Å²) in [4.78, 5) is 80.0.